The smallest absolute Gasteiger partial charge is 0.345 e. The minimum absolute atomic E-state index is 0.0613. The van der Waals surface area contributed by atoms with Gasteiger partial charge in [-0.1, -0.05) is 6.07 Å². The van der Waals surface area contributed by atoms with E-state index in [0.717, 1.165) is 25.1 Å². The van der Waals surface area contributed by atoms with Gasteiger partial charge in [-0.3, -0.25) is 14.9 Å². The van der Waals surface area contributed by atoms with Crippen LogP contribution in [0.2, 0.25) is 0 Å². The number of rotatable bonds is 4. The lowest BCUT2D eigenvalue weighted by atomic mass is 9.87. The van der Waals surface area contributed by atoms with E-state index in [1.165, 1.54) is 6.07 Å². The molecule has 0 spiro atoms. The number of benzene rings is 1. The number of H-pyrrole nitrogens is 1. The van der Waals surface area contributed by atoms with Crippen molar-refractivity contribution in [2.75, 3.05) is 0 Å². The molecule has 0 saturated carbocycles. The van der Waals surface area contributed by atoms with Crippen LogP contribution in [-0.2, 0) is 5.41 Å². The Morgan fingerprint density at radius 2 is 1.89 bits per heavy atom. The molecule has 0 saturated heterocycles. The van der Waals surface area contributed by atoms with Crippen molar-refractivity contribution < 1.29 is 18.0 Å². The van der Waals surface area contributed by atoms with Crippen LogP contribution >= 0.6 is 0 Å². The van der Waals surface area contributed by atoms with Crippen LogP contribution in [0, 0.1) is 6.92 Å². The fourth-order valence-corrected chi connectivity index (χ4v) is 2.91. The fraction of sp³-hybridized carbons (Fsp3) is 0.350. The summed E-state index contributed by atoms with van der Waals surface area (Å²) in [5.41, 5.74) is 0.448. The minimum atomic E-state index is -4.41. The van der Waals surface area contributed by atoms with Crippen LogP contribution in [-0.4, -0.2) is 27.3 Å². The van der Waals surface area contributed by atoms with Crippen molar-refractivity contribution in [1.29, 1.82) is 0 Å². The molecule has 1 aromatic carbocycles. The van der Waals surface area contributed by atoms with Crippen LogP contribution in [0.5, 0.6) is 0 Å². The number of halogens is 3. The largest absolute Gasteiger partial charge is 0.399 e. The van der Waals surface area contributed by atoms with Gasteiger partial charge in [-0.15, -0.1) is 0 Å². The van der Waals surface area contributed by atoms with E-state index in [9.17, 15) is 18.0 Å². The van der Waals surface area contributed by atoms with Gasteiger partial charge in [-0.25, -0.2) is 0 Å². The van der Waals surface area contributed by atoms with Gasteiger partial charge in [0.25, 0.3) is 5.91 Å². The monoisotopic (exact) mass is 390 g/mol. The second-order valence-electron chi connectivity index (χ2n) is 7.37. The van der Waals surface area contributed by atoms with E-state index >= 15 is 0 Å². The van der Waals surface area contributed by atoms with Gasteiger partial charge in [0.15, 0.2) is 0 Å². The number of aromatic amines is 1. The molecule has 0 bridgehead atoms. The van der Waals surface area contributed by atoms with Crippen molar-refractivity contribution >= 4 is 16.8 Å². The van der Waals surface area contributed by atoms with Gasteiger partial charge in [0.05, 0.1) is 23.4 Å². The molecule has 1 amide bonds. The zero-order valence-corrected chi connectivity index (χ0v) is 16.0. The molecule has 5 nitrogen and oxygen atoms in total. The first kappa shape index (κ1) is 19.9. The normalized spacial score (nSPS) is 13.5. The van der Waals surface area contributed by atoms with E-state index < -0.39 is 11.6 Å². The highest BCUT2D eigenvalue weighted by Gasteiger charge is 2.49. The predicted octanol–water partition coefficient (Wildman–Crippen LogP) is 4.60. The average Bonchev–Trinajstić information content (AvgIpc) is 3.05. The number of alkyl halides is 3. The van der Waals surface area contributed by atoms with Gasteiger partial charge >= 0.3 is 6.18 Å². The molecule has 2 heterocycles. The van der Waals surface area contributed by atoms with Crippen LogP contribution in [0.4, 0.5) is 13.2 Å². The standard InChI is InChI=1S/C20H21F3N4O/c1-11(15-10-24-27-12(15)2)25-18(28)14-5-7-16-13(9-14)6-8-17(26-16)19(3,4)20(21,22)23/h5-11H,1-4H3,(H,24,27)(H,25,28). The van der Waals surface area contributed by atoms with Crippen molar-refractivity contribution in [3.8, 4) is 0 Å². The second kappa shape index (κ2) is 6.92. The highest BCUT2D eigenvalue weighted by atomic mass is 19.4. The Morgan fingerprint density at radius 3 is 2.50 bits per heavy atom. The van der Waals surface area contributed by atoms with Gasteiger partial charge in [-0.2, -0.15) is 18.3 Å². The lowest BCUT2D eigenvalue weighted by molar-refractivity contribution is -0.181. The number of aromatic nitrogens is 3. The molecule has 2 N–H and O–H groups in total. The first-order valence-corrected chi connectivity index (χ1v) is 8.79. The van der Waals surface area contributed by atoms with Crippen LogP contribution in [0.15, 0.2) is 36.5 Å². The fourth-order valence-electron chi connectivity index (χ4n) is 2.91. The van der Waals surface area contributed by atoms with Crippen LogP contribution < -0.4 is 5.32 Å². The molecule has 0 aliphatic heterocycles. The SMILES string of the molecule is Cc1[nH]ncc1C(C)NC(=O)c1ccc2nc(C(C)(C)C(F)(F)F)ccc2c1. The maximum absolute atomic E-state index is 13.3. The number of fused-ring (bicyclic) bond motifs is 1. The summed E-state index contributed by atoms with van der Waals surface area (Å²) in [5, 5.41) is 10.3. The molecule has 3 rings (SSSR count). The Bertz CT molecular complexity index is 1020. The molecule has 0 aliphatic carbocycles. The third-order valence-electron chi connectivity index (χ3n) is 4.98. The zero-order valence-electron chi connectivity index (χ0n) is 16.0. The summed E-state index contributed by atoms with van der Waals surface area (Å²) in [7, 11) is 0. The lowest BCUT2D eigenvalue weighted by Gasteiger charge is -2.27. The van der Waals surface area contributed by atoms with E-state index in [2.05, 4.69) is 20.5 Å². The summed E-state index contributed by atoms with van der Waals surface area (Å²) in [6.45, 7) is 5.92. The third kappa shape index (κ3) is 3.58. The average molecular weight is 390 g/mol. The number of hydrogen-bond donors (Lipinski definition) is 2. The highest BCUT2D eigenvalue weighted by Crippen LogP contribution is 2.39. The molecule has 148 valence electrons. The number of pyridine rings is 1. The van der Waals surface area contributed by atoms with E-state index in [-0.39, 0.29) is 17.6 Å². The van der Waals surface area contributed by atoms with E-state index in [1.807, 2.05) is 13.8 Å². The quantitative estimate of drug-likeness (QED) is 0.684. The maximum atomic E-state index is 13.3. The van der Waals surface area contributed by atoms with Crippen molar-refractivity contribution in [3.05, 3.63) is 59.0 Å². The Kier molecular flexibility index (Phi) is 4.91. The number of nitrogens with zero attached hydrogens (tertiary/aromatic N) is 2. The minimum Gasteiger partial charge on any atom is -0.345 e. The van der Waals surface area contributed by atoms with E-state index in [1.54, 1.807) is 30.5 Å². The van der Waals surface area contributed by atoms with Gasteiger partial charge in [0, 0.05) is 22.2 Å². The number of carbonyl (C=O) groups excluding carboxylic acids is 1. The summed E-state index contributed by atoms with van der Waals surface area (Å²) in [6.07, 6.45) is -2.75. The molecule has 0 aliphatic rings. The first-order chi connectivity index (χ1) is 13.0. The Balaban J connectivity index is 1.86. The number of carbonyl (C=O) groups is 1. The first-order valence-electron chi connectivity index (χ1n) is 8.79. The number of nitrogens with one attached hydrogen (secondary N) is 2. The van der Waals surface area contributed by atoms with Gasteiger partial charge < -0.3 is 5.32 Å². The predicted molar refractivity (Wildman–Crippen MR) is 100 cm³/mol. The number of amides is 1. The van der Waals surface area contributed by atoms with Crippen LogP contribution in [0.1, 0.15) is 54.1 Å². The Hall–Kier alpha value is -2.90. The Morgan fingerprint density at radius 1 is 1.18 bits per heavy atom. The molecule has 1 unspecified atom stereocenters. The van der Waals surface area contributed by atoms with Gasteiger partial charge in [0.2, 0.25) is 0 Å². The molecular formula is C20H21F3N4O. The lowest BCUT2D eigenvalue weighted by Crippen LogP contribution is -2.37. The van der Waals surface area contributed by atoms with Crippen molar-refractivity contribution in [3.63, 3.8) is 0 Å². The molecule has 28 heavy (non-hydrogen) atoms. The van der Waals surface area contributed by atoms with E-state index in [4.69, 9.17) is 0 Å². The summed E-state index contributed by atoms with van der Waals surface area (Å²) in [4.78, 5) is 16.7. The third-order valence-corrected chi connectivity index (χ3v) is 4.98. The van der Waals surface area contributed by atoms with E-state index in [0.29, 0.717) is 16.5 Å². The number of aryl methyl sites for hydroxylation is 1. The number of hydrogen-bond acceptors (Lipinski definition) is 3. The summed E-state index contributed by atoms with van der Waals surface area (Å²) in [5.74, 6) is -0.283. The Labute approximate surface area is 160 Å². The van der Waals surface area contributed by atoms with Gasteiger partial charge in [0.1, 0.15) is 5.41 Å². The van der Waals surface area contributed by atoms with Crippen molar-refractivity contribution in [2.24, 2.45) is 0 Å². The zero-order chi connectivity index (χ0) is 20.7. The van der Waals surface area contributed by atoms with Crippen LogP contribution in [0.25, 0.3) is 10.9 Å². The maximum Gasteiger partial charge on any atom is 0.399 e. The topological polar surface area (TPSA) is 70.7 Å². The summed E-state index contributed by atoms with van der Waals surface area (Å²) < 4.78 is 39.8. The summed E-state index contributed by atoms with van der Waals surface area (Å²) in [6, 6.07) is 7.42. The second-order valence-corrected chi connectivity index (χ2v) is 7.37. The molecular weight excluding hydrogens is 369 g/mol. The molecule has 0 radical (unpaired) electrons. The molecule has 1 atom stereocenters. The highest BCUT2D eigenvalue weighted by molar-refractivity contribution is 5.98. The molecule has 2 aromatic heterocycles. The molecule has 8 heteroatoms. The molecule has 0 fully saturated rings. The molecule has 3 aromatic rings. The van der Waals surface area contributed by atoms with Crippen molar-refractivity contribution in [2.45, 2.75) is 45.3 Å². The van der Waals surface area contributed by atoms with Gasteiger partial charge in [-0.05, 0) is 52.0 Å². The van der Waals surface area contributed by atoms with Crippen LogP contribution in [0.3, 0.4) is 0 Å². The summed E-state index contributed by atoms with van der Waals surface area (Å²) >= 11 is 0. The van der Waals surface area contributed by atoms with Crippen molar-refractivity contribution in [1.82, 2.24) is 20.5 Å².